The number of methoxy groups -OCH3 is 1. The normalized spacial score (nSPS) is 11.1. The second-order valence-electron chi connectivity index (χ2n) is 4.83. The van der Waals surface area contributed by atoms with Crippen LogP contribution in [0.2, 0.25) is 0 Å². The van der Waals surface area contributed by atoms with Crippen LogP contribution in [0, 0.1) is 0 Å². The molecule has 0 radical (unpaired) electrons. The van der Waals surface area contributed by atoms with E-state index < -0.39 is 0 Å². The second-order valence-corrected chi connectivity index (χ2v) is 5.62. The van der Waals surface area contributed by atoms with Crippen molar-refractivity contribution in [1.29, 1.82) is 0 Å². The Labute approximate surface area is 128 Å². The van der Waals surface area contributed by atoms with Crippen LogP contribution in [-0.2, 0) is 11.3 Å². The van der Waals surface area contributed by atoms with E-state index in [0.717, 1.165) is 31.6 Å². The summed E-state index contributed by atoms with van der Waals surface area (Å²) in [4.78, 5) is 14.2. The number of halogens is 1. The maximum absolute atomic E-state index is 12.0. The average molecular weight is 347 g/mol. The Hall–Kier alpha value is -0.920. The average Bonchev–Trinajstić information content (AvgIpc) is 2.41. The third-order valence-corrected chi connectivity index (χ3v) is 3.61. The Kier molecular flexibility index (Phi) is 7.79. The molecule has 0 amide bonds. The molecule has 0 saturated heterocycles. The van der Waals surface area contributed by atoms with Crippen LogP contribution in [0.3, 0.4) is 0 Å². The lowest BCUT2D eigenvalue weighted by Gasteiger charge is -2.11. The summed E-state index contributed by atoms with van der Waals surface area (Å²) in [7, 11) is 5.73. The van der Waals surface area contributed by atoms with Crippen molar-refractivity contribution in [3.8, 4) is 0 Å². The summed E-state index contributed by atoms with van der Waals surface area (Å²) in [6.07, 6.45) is 3.85. The zero-order valence-electron chi connectivity index (χ0n) is 12.4. The van der Waals surface area contributed by atoms with Gasteiger partial charge >= 0.3 is 0 Å². The Morgan fingerprint density at radius 1 is 1.45 bits per heavy atom. The molecule has 0 aliphatic rings. The first-order valence-corrected chi connectivity index (χ1v) is 7.48. The highest BCUT2D eigenvalue weighted by Crippen LogP contribution is 2.16. The molecule has 0 fully saturated rings. The van der Waals surface area contributed by atoms with Crippen LogP contribution in [-0.4, -0.2) is 55.6 Å². The van der Waals surface area contributed by atoms with Crippen molar-refractivity contribution < 1.29 is 4.74 Å². The van der Waals surface area contributed by atoms with Gasteiger partial charge in [-0.1, -0.05) is 0 Å². The first kappa shape index (κ1) is 17.1. The third kappa shape index (κ3) is 5.60. The SMILES string of the molecule is COCCn1ncc(NCCCCN(C)C)c(Br)c1=O. The molecule has 114 valence electrons. The maximum atomic E-state index is 12.0. The number of nitrogens with zero attached hydrogens (tertiary/aromatic N) is 3. The van der Waals surface area contributed by atoms with E-state index in [1.54, 1.807) is 13.3 Å². The molecule has 20 heavy (non-hydrogen) atoms. The van der Waals surface area contributed by atoms with Gasteiger partial charge in [-0.3, -0.25) is 4.79 Å². The Morgan fingerprint density at radius 3 is 2.85 bits per heavy atom. The minimum atomic E-state index is -0.139. The Balaban J connectivity index is 2.51. The smallest absolute Gasteiger partial charge is 0.283 e. The number of anilines is 1. The zero-order chi connectivity index (χ0) is 15.0. The first-order valence-electron chi connectivity index (χ1n) is 6.69. The lowest BCUT2D eigenvalue weighted by atomic mass is 10.3. The van der Waals surface area contributed by atoms with Crippen molar-refractivity contribution >= 4 is 21.6 Å². The lowest BCUT2D eigenvalue weighted by molar-refractivity contribution is 0.181. The van der Waals surface area contributed by atoms with E-state index in [1.165, 1.54) is 4.68 Å². The summed E-state index contributed by atoms with van der Waals surface area (Å²) in [6.45, 7) is 2.82. The number of aromatic nitrogens is 2. The predicted octanol–water partition coefficient (Wildman–Crippen LogP) is 1.41. The van der Waals surface area contributed by atoms with Crippen LogP contribution in [0.1, 0.15) is 12.8 Å². The topological polar surface area (TPSA) is 59.4 Å². The fraction of sp³-hybridized carbons (Fsp3) is 0.692. The third-order valence-electron chi connectivity index (χ3n) is 2.84. The summed E-state index contributed by atoms with van der Waals surface area (Å²) in [6, 6.07) is 0. The molecular formula is C13H23BrN4O2. The van der Waals surface area contributed by atoms with E-state index in [-0.39, 0.29) is 5.56 Å². The highest BCUT2D eigenvalue weighted by molar-refractivity contribution is 9.10. The zero-order valence-corrected chi connectivity index (χ0v) is 13.9. The van der Waals surface area contributed by atoms with Crippen molar-refractivity contribution in [2.24, 2.45) is 0 Å². The van der Waals surface area contributed by atoms with Gasteiger partial charge in [0, 0.05) is 13.7 Å². The van der Waals surface area contributed by atoms with Crippen molar-refractivity contribution in [3.05, 3.63) is 21.0 Å². The van der Waals surface area contributed by atoms with Crippen LogP contribution in [0.15, 0.2) is 15.5 Å². The summed E-state index contributed by atoms with van der Waals surface area (Å²) in [5.41, 5.74) is 0.605. The number of hydrogen-bond acceptors (Lipinski definition) is 5. The van der Waals surface area contributed by atoms with Gasteiger partial charge in [-0.25, -0.2) is 4.68 Å². The van der Waals surface area contributed by atoms with Gasteiger partial charge in [0.05, 0.1) is 25.0 Å². The van der Waals surface area contributed by atoms with Gasteiger partial charge in [-0.05, 0) is 49.4 Å². The number of nitrogens with one attached hydrogen (secondary N) is 1. The molecule has 0 aromatic carbocycles. The van der Waals surface area contributed by atoms with E-state index in [2.05, 4.69) is 45.3 Å². The van der Waals surface area contributed by atoms with E-state index in [0.29, 0.717) is 17.6 Å². The van der Waals surface area contributed by atoms with Crippen molar-refractivity contribution in [1.82, 2.24) is 14.7 Å². The molecule has 0 spiro atoms. The predicted molar refractivity (Wildman–Crippen MR) is 84.4 cm³/mol. The van der Waals surface area contributed by atoms with E-state index in [9.17, 15) is 4.79 Å². The summed E-state index contributed by atoms with van der Waals surface area (Å²) in [5, 5.41) is 7.37. The lowest BCUT2D eigenvalue weighted by Crippen LogP contribution is -2.26. The second kappa shape index (κ2) is 9.10. The van der Waals surface area contributed by atoms with E-state index in [1.807, 2.05) is 0 Å². The molecule has 6 nitrogen and oxygen atoms in total. The van der Waals surface area contributed by atoms with E-state index in [4.69, 9.17) is 4.74 Å². The molecule has 1 aromatic heterocycles. The van der Waals surface area contributed by atoms with Crippen molar-refractivity contribution in [2.45, 2.75) is 19.4 Å². The number of unbranched alkanes of at least 4 members (excludes halogenated alkanes) is 1. The van der Waals surface area contributed by atoms with E-state index >= 15 is 0 Å². The van der Waals surface area contributed by atoms with Crippen molar-refractivity contribution in [2.75, 3.05) is 46.2 Å². The Bertz CT molecular complexity index is 462. The van der Waals surface area contributed by atoms with Crippen LogP contribution >= 0.6 is 15.9 Å². The molecule has 0 aliphatic carbocycles. The van der Waals surface area contributed by atoms with Gasteiger partial charge in [0.1, 0.15) is 4.47 Å². The van der Waals surface area contributed by atoms with Crippen LogP contribution in [0.5, 0.6) is 0 Å². The number of ether oxygens (including phenoxy) is 1. The van der Waals surface area contributed by atoms with Gasteiger partial charge in [0.15, 0.2) is 0 Å². The van der Waals surface area contributed by atoms with Gasteiger partial charge in [0.25, 0.3) is 5.56 Å². The molecule has 0 atom stereocenters. The highest BCUT2D eigenvalue weighted by atomic mass is 79.9. The molecule has 1 rings (SSSR count). The van der Waals surface area contributed by atoms with Gasteiger partial charge < -0.3 is 15.0 Å². The quantitative estimate of drug-likeness (QED) is 0.685. The monoisotopic (exact) mass is 346 g/mol. The standard InChI is InChI=1S/C13H23BrN4O2/c1-17(2)7-5-4-6-15-11-10-16-18(8-9-20-3)13(19)12(11)14/h10,15H,4-9H2,1-3H3. The summed E-state index contributed by atoms with van der Waals surface area (Å²) >= 11 is 3.33. The van der Waals surface area contributed by atoms with Gasteiger partial charge in [-0.15, -0.1) is 0 Å². The van der Waals surface area contributed by atoms with Crippen LogP contribution < -0.4 is 10.9 Å². The number of hydrogen-bond donors (Lipinski definition) is 1. The fourth-order valence-electron chi connectivity index (χ4n) is 1.70. The van der Waals surface area contributed by atoms with Crippen LogP contribution in [0.4, 0.5) is 5.69 Å². The molecular weight excluding hydrogens is 324 g/mol. The molecule has 0 unspecified atom stereocenters. The molecule has 0 saturated carbocycles. The Morgan fingerprint density at radius 2 is 2.20 bits per heavy atom. The molecule has 1 heterocycles. The minimum Gasteiger partial charge on any atom is -0.383 e. The molecule has 0 bridgehead atoms. The maximum Gasteiger partial charge on any atom is 0.283 e. The highest BCUT2D eigenvalue weighted by Gasteiger charge is 2.08. The molecule has 7 heteroatoms. The number of rotatable bonds is 9. The van der Waals surface area contributed by atoms with Gasteiger partial charge in [-0.2, -0.15) is 5.10 Å². The summed E-state index contributed by atoms with van der Waals surface area (Å²) in [5.74, 6) is 0. The van der Waals surface area contributed by atoms with Crippen molar-refractivity contribution in [3.63, 3.8) is 0 Å². The largest absolute Gasteiger partial charge is 0.383 e. The minimum absolute atomic E-state index is 0.139. The fourth-order valence-corrected chi connectivity index (χ4v) is 2.15. The first-order chi connectivity index (χ1) is 9.56. The van der Waals surface area contributed by atoms with Crippen LogP contribution in [0.25, 0.3) is 0 Å². The molecule has 0 aliphatic heterocycles. The summed E-state index contributed by atoms with van der Waals surface area (Å²) < 4.78 is 6.87. The van der Waals surface area contributed by atoms with Gasteiger partial charge in [0.2, 0.25) is 0 Å². The molecule has 1 N–H and O–H groups in total. The molecule has 1 aromatic rings.